The SMILES string of the molecule is O=C(Nc1cccc([N+](=O)[O-])c1)c1c[nH]c(=O)n(Cc2ccccn2)c1=O. The standard InChI is InChI=1S/C17H13N5O5/c23-15(20-11-5-3-6-13(8-11)22(26)27)14-9-19-17(25)21(16(14)24)10-12-4-1-2-7-18-12/h1-9H,10H2,(H,19,25)(H,20,23). The monoisotopic (exact) mass is 367 g/mol. The van der Waals surface area contributed by atoms with Gasteiger partial charge in [0.25, 0.3) is 17.2 Å². The van der Waals surface area contributed by atoms with E-state index < -0.39 is 22.1 Å². The highest BCUT2D eigenvalue weighted by Gasteiger charge is 2.16. The van der Waals surface area contributed by atoms with Crippen LogP contribution in [0, 0.1) is 10.1 Å². The fourth-order valence-electron chi connectivity index (χ4n) is 2.37. The smallest absolute Gasteiger partial charge is 0.322 e. The molecule has 27 heavy (non-hydrogen) atoms. The van der Waals surface area contributed by atoms with Gasteiger partial charge in [0.1, 0.15) is 5.56 Å². The number of nitro benzene ring substituents is 1. The molecule has 1 aromatic carbocycles. The van der Waals surface area contributed by atoms with Crippen LogP contribution in [0.4, 0.5) is 11.4 Å². The molecule has 0 radical (unpaired) electrons. The summed E-state index contributed by atoms with van der Waals surface area (Å²) in [6, 6.07) is 10.3. The van der Waals surface area contributed by atoms with Crippen LogP contribution in [0.25, 0.3) is 0 Å². The first-order chi connectivity index (χ1) is 13.0. The number of nitrogens with zero attached hydrogens (tertiary/aromatic N) is 3. The minimum Gasteiger partial charge on any atom is -0.322 e. The van der Waals surface area contributed by atoms with Crippen molar-refractivity contribution in [3.8, 4) is 0 Å². The maximum absolute atomic E-state index is 12.5. The molecular formula is C17H13N5O5. The Kier molecular flexibility index (Phi) is 4.88. The summed E-state index contributed by atoms with van der Waals surface area (Å²) in [6.07, 6.45) is 2.53. The van der Waals surface area contributed by atoms with Gasteiger partial charge in [0.15, 0.2) is 0 Å². The first-order valence-corrected chi connectivity index (χ1v) is 7.74. The normalized spacial score (nSPS) is 10.4. The zero-order valence-corrected chi connectivity index (χ0v) is 13.8. The number of benzene rings is 1. The Balaban J connectivity index is 1.91. The molecule has 1 amide bonds. The summed E-state index contributed by atoms with van der Waals surface area (Å²) in [5.41, 5.74) is -1.37. The zero-order chi connectivity index (χ0) is 19.4. The number of H-pyrrole nitrogens is 1. The van der Waals surface area contributed by atoms with E-state index in [0.717, 1.165) is 16.8 Å². The lowest BCUT2D eigenvalue weighted by Gasteiger charge is -2.08. The summed E-state index contributed by atoms with van der Waals surface area (Å²) in [7, 11) is 0. The second-order valence-corrected chi connectivity index (χ2v) is 5.48. The van der Waals surface area contributed by atoms with Gasteiger partial charge in [-0.15, -0.1) is 0 Å². The lowest BCUT2D eigenvalue weighted by molar-refractivity contribution is -0.384. The van der Waals surface area contributed by atoms with Crippen LogP contribution in [-0.2, 0) is 6.54 Å². The van der Waals surface area contributed by atoms with Gasteiger partial charge in [-0.2, -0.15) is 0 Å². The molecule has 3 rings (SSSR count). The average Bonchev–Trinajstić information content (AvgIpc) is 2.66. The van der Waals surface area contributed by atoms with Gasteiger partial charge in [-0.3, -0.25) is 29.3 Å². The van der Waals surface area contributed by atoms with Gasteiger partial charge in [-0.05, 0) is 18.2 Å². The van der Waals surface area contributed by atoms with Crippen LogP contribution in [0.2, 0.25) is 0 Å². The van der Waals surface area contributed by atoms with Crippen molar-refractivity contribution in [2.75, 3.05) is 5.32 Å². The van der Waals surface area contributed by atoms with Crippen LogP contribution in [-0.4, -0.2) is 25.4 Å². The van der Waals surface area contributed by atoms with Crippen LogP contribution >= 0.6 is 0 Å². The number of anilines is 1. The van der Waals surface area contributed by atoms with E-state index in [9.17, 15) is 24.5 Å². The topological polar surface area (TPSA) is 140 Å². The van der Waals surface area contributed by atoms with Crippen molar-refractivity contribution in [3.05, 3.63) is 97.1 Å². The predicted molar refractivity (Wildman–Crippen MR) is 95.7 cm³/mol. The third-order valence-electron chi connectivity index (χ3n) is 3.67. The molecule has 136 valence electrons. The molecule has 0 fully saturated rings. The number of nitro groups is 1. The van der Waals surface area contributed by atoms with Crippen molar-refractivity contribution in [2.24, 2.45) is 0 Å². The van der Waals surface area contributed by atoms with Gasteiger partial charge in [-0.25, -0.2) is 4.79 Å². The molecule has 0 atom stereocenters. The number of pyridine rings is 1. The molecule has 3 aromatic rings. The molecule has 0 unspecified atom stereocenters. The summed E-state index contributed by atoms with van der Waals surface area (Å²) < 4.78 is 0.852. The third-order valence-corrected chi connectivity index (χ3v) is 3.67. The third kappa shape index (κ3) is 3.95. The Morgan fingerprint density at radius 3 is 2.74 bits per heavy atom. The Morgan fingerprint density at radius 2 is 2.04 bits per heavy atom. The fraction of sp³-hybridized carbons (Fsp3) is 0.0588. The van der Waals surface area contributed by atoms with Gasteiger partial charge in [0.05, 0.1) is 17.2 Å². The Morgan fingerprint density at radius 1 is 1.22 bits per heavy atom. The van der Waals surface area contributed by atoms with E-state index in [1.807, 2.05) is 0 Å². The molecule has 10 heteroatoms. The summed E-state index contributed by atoms with van der Waals surface area (Å²) in [5, 5.41) is 13.2. The molecule has 2 N–H and O–H groups in total. The maximum Gasteiger partial charge on any atom is 0.328 e. The number of hydrogen-bond acceptors (Lipinski definition) is 6. The van der Waals surface area contributed by atoms with Crippen molar-refractivity contribution in [3.63, 3.8) is 0 Å². The number of non-ortho nitro benzene ring substituents is 1. The largest absolute Gasteiger partial charge is 0.328 e. The highest BCUT2D eigenvalue weighted by Crippen LogP contribution is 2.17. The van der Waals surface area contributed by atoms with Crippen LogP contribution in [0.1, 0.15) is 16.1 Å². The minimum absolute atomic E-state index is 0.104. The van der Waals surface area contributed by atoms with Crippen LogP contribution in [0.3, 0.4) is 0 Å². The van der Waals surface area contributed by atoms with E-state index in [2.05, 4.69) is 15.3 Å². The van der Waals surface area contributed by atoms with E-state index in [1.54, 1.807) is 18.2 Å². The molecule has 2 aromatic heterocycles. The van der Waals surface area contributed by atoms with E-state index in [1.165, 1.54) is 24.4 Å². The molecule has 0 spiro atoms. The van der Waals surface area contributed by atoms with Crippen molar-refractivity contribution >= 4 is 17.3 Å². The van der Waals surface area contributed by atoms with Gasteiger partial charge >= 0.3 is 5.69 Å². The summed E-state index contributed by atoms with van der Waals surface area (Å²) in [6.45, 7) is -0.104. The first-order valence-electron chi connectivity index (χ1n) is 7.74. The Hall–Kier alpha value is -4.08. The van der Waals surface area contributed by atoms with E-state index in [-0.39, 0.29) is 23.5 Å². The second-order valence-electron chi connectivity index (χ2n) is 5.48. The lowest BCUT2D eigenvalue weighted by atomic mass is 10.2. The number of aromatic amines is 1. The average molecular weight is 367 g/mol. The second kappa shape index (κ2) is 7.44. The molecule has 0 aliphatic rings. The number of amides is 1. The number of carbonyl (C=O) groups is 1. The maximum atomic E-state index is 12.5. The molecule has 0 aliphatic carbocycles. The van der Waals surface area contributed by atoms with Crippen LogP contribution in [0.5, 0.6) is 0 Å². The predicted octanol–water partition coefficient (Wildman–Crippen LogP) is 1.14. The fourth-order valence-corrected chi connectivity index (χ4v) is 2.37. The van der Waals surface area contributed by atoms with Gasteiger partial charge < -0.3 is 10.3 Å². The number of aromatic nitrogens is 3. The highest BCUT2D eigenvalue weighted by molar-refractivity contribution is 6.03. The van der Waals surface area contributed by atoms with Gasteiger partial charge in [-0.1, -0.05) is 12.1 Å². The molecule has 2 heterocycles. The quantitative estimate of drug-likeness (QED) is 0.512. The number of carbonyl (C=O) groups excluding carboxylic acids is 1. The number of nitrogens with one attached hydrogen (secondary N) is 2. The Bertz CT molecular complexity index is 1120. The summed E-state index contributed by atoms with van der Waals surface area (Å²) >= 11 is 0. The molecule has 0 saturated heterocycles. The van der Waals surface area contributed by atoms with Gasteiger partial charge in [0.2, 0.25) is 0 Å². The van der Waals surface area contributed by atoms with Crippen molar-refractivity contribution in [1.82, 2.24) is 14.5 Å². The van der Waals surface area contributed by atoms with Gasteiger partial charge in [0, 0.05) is 30.2 Å². The summed E-state index contributed by atoms with van der Waals surface area (Å²) in [4.78, 5) is 53.5. The number of hydrogen-bond donors (Lipinski definition) is 2. The van der Waals surface area contributed by atoms with Crippen LogP contribution in [0.15, 0.2) is 64.4 Å². The molecule has 0 bridgehead atoms. The highest BCUT2D eigenvalue weighted by atomic mass is 16.6. The van der Waals surface area contributed by atoms with Crippen molar-refractivity contribution < 1.29 is 9.72 Å². The Labute approximate surface area is 151 Å². The van der Waals surface area contributed by atoms with Crippen LogP contribution < -0.4 is 16.6 Å². The van der Waals surface area contributed by atoms with Crippen molar-refractivity contribution in [2.45, 2.75) is 6.54 Å². The van der Waals surface area contributed by atoms with Crippen molar-refractivity contribution in [1.29, 1.82) is 0 Å². The first kappa shape index (κ1) is 17.7. The molecule has 10 nitrogen and oxygen atoms in total. The van der Waals surface area contributed by atoms with E-state index in [4.69, 9.17) is 0 Å². The van der Waals surface area contributed by atoms with E-state index in [0.29, 0.717) is 5.69 Å². The molecule has 0 saturated carbocycles. The number of rotatable bonds is 5. The minimum atomic E-state index is -0.800. The molecular weight excluding hydrogens is 354 g/mol. The zero-order valence-electron chi connectivity index (χ0n) is 13.8. The molecule has 0 aliphatic heterocycles. The van der Waals surface area contributed by atoms with E-state index >= 15 is 0 Å². The lowest BCUT2D eigenvalue weighted by Crippen LogP contribution is -2.39. The summed E-state index contributed by atoms with van der Waals surface area (Å²) in [5.74, 6) is -0.800.